The van der Waals surface area contributed by atoms with Crippen LogP contribution in [0.1, 0.15) is 0 Å². The molecule has 5 nitrogen and oxygen atoms in total. The highest BCUT2D eigenvalue weighted by Crippen LogP contribution is 2.24. The molecule has 0 unspecified atom stereocenters. The number of benzene rings is 1. The maximum Gasteiger partial charge on any atom is 0.243 e. The Balaban J connectivity index is 1.64. The summed E-state index contributed by atoms with van der Waals surface area (Å²) >= 11 is 0. The fraction of sp³-hybridized carbons (Fsp3) is 0.214. The van der Waals surface area contributed by atoms with Gasteiger partial charge < -0.3 is 4.74 Å². The second kappa shape index (κ2) is 5.42. The minimum atomic E-state index is -3.57. The summed E-state index contributed by atoms with van der Waals surface area (Å²) in [6, 6.07) is 8.32. The van der Waals surface area contributed by atoms with Gasteiger partial charge in [0.15, 0.2) is 0 Å². The third-order valence-electron chi connectivity index (χ3n) is 3.20. The maximum atomic E-state index is 12.8. The van der Waals surface area contributed by atoms with Crippen LogP contribution in [0.15, 0.2) is 53.7 Å². The molecule has 0 aliphatic carbocycles. The maximum absolute atomic E-state index is 12.8. The lowest BCUT2D eigenvalue weighted by Crippen LogP contribution is -2.55. The van der Waals surface area contributed by atoms with Crippen LogP contribution in [-0.4, -0.2) is 36.9 Å². The second-order valence-corrected chi connectivity index (χ2v) is 6.64. The van der Waals surface area contributed by atoms with Crippen molar-refractivity contribution in [1.82, 2.24) is 9.29 Å². The number of rotatable bonds is 4. The predicted octanol–water partition coefficient (Wildman–Crippen LogP) is 1.67. The molecule has 1 fully saturated rings. The average Bonchev–Trinajstić information content (AvgIpc) is 2.44. The zero-order valence-electron chi connectivity index (χ0n) is 11.0. The molecule has 0 atom stereocenters. The van der Waals surface area contributed by atoms with Crippen LogP contribution in [-0.2, 0) is 10.0 Å². The summed E-state index contributed by atoms with van der Waals surface area (Å²) in [7, 11) is -3.57. The van der Waals surface area contributed by atoms with Crippen molar-refractivity contribution < 1.29 is 17.5 Å². The molecular weight excluding hydrogens is 295 g/mol. The topological polar surface area (TPSA) is 59.5 Å². The van der Waals surface area contributed by atoms with Gasteiger partial charge in [-0.25, -0.2) is 12.8 Å². The number of aromatic nitrogens is 1. The van der Waals surface area contributed by atoms with Crippen molar-refractivity contribution in [2.45, 2.75) is 11.0 Å². The SMILES string of the molecule is O=S(=O)(c1ccc(F)cc1)N1CC(Oc2cccnc2)C1. The number of halogens is 1. The molecule has 1 aromatic carbocycles. The van der Waals surface area contributed by atoms with E-state index in [-0.39, 0.29) is 24.1 Å². The molecule has 0 bridgehead atoms. The Morgan fingerprint density at radius 1 is 1.19 bits per heavy atom. The van der Waals surface area contributed by atoms with Crippen LogP contribution in [0.4, 0.5) is 4.39 Å². The van der Waals surface area contributed by atoms with Gasteiger partial charge in [0.25, 0.3) is 0 Å². The van der Waals surface area contributed by atoms with Gasteiger partial charge in [-0.2, -0.15) is 4.31 Å². The second-order valence-electron chi connectivity index (χ2n) is 4.70. The Morgan fingerprint density at radius 2 is 1.90 bits per heavy atom. The molecule has 1 saturated heterocycles. The molecule has 0 radical (unpaired) electrons. The van der Waals surface area contributed by atoms with Crippen molar-refractivity contribution in [3.05, 3.63) is 54.6 Å². The summed E-state index contributed by atoms with van der Waals surface area (Å²) in [4.78, 5) is 4.01. The van der Waals surface area contributed by atoms with E-state index in [1.165, 1.54) is 16.4 Å². The van der Waals surface area contributed by atoms with Crippen LogP contribution in [0.2, 0.25) is 0 Å². The predicted molar refractivity (Wildman–Crippen MR) is 73.8 cm³/mol. The van der Waals surface area contributed by atoms with Crippen molar-refractivity contribution in [3.8, 4) is 5.75 Å². The van der Waals surface area contributed by atoms with E-state index >= 15 is 0 Å². The van der Waals surface area contributed by atoms with Crippen LogP contribution in [0.5, 0.6) is 5.75 Å². The average molecular weight is 308 g/mol. The highest BCUT2D eigenvalue weighted by Gasteiger charge is 2.38. The van der Waals surface area contributed by atoms with E-state index in [2.05, 4.69) is 4.98 Å². The molecule has 2 aromatic rings. The summed E-state index contributed by atoms with van der Waals surface area (Å²) < 4.78 is 44.3. The van der Waals surface area contributed by atoms with Crippen molar-refractivity contribution in [1.29, 1.82) is 0 Å². The van der Waals surface area contributed by atoms with Crippen molar-refractivity contribution in [2.75, 3.05) is 13.1 Å². The monoisotopic (exact) mass is 308 g/mol. The van der Waals surface area contributed by atoms with E-state index < -0.39 is 15.8 Å². The lowest BCUT2D eigenvalue weighted by atomic mass is 10.2. The lowest BCUT2D eigenvalue weighted by molar-refractivity contribution is 0.0759. The van der Waals surface area contributed by atoms with E-state index in [1.807, 2.05) is 0 Å². The first-order valence-electron chi connectivity index (χ1n) is 6.38. The number of hydrogen-bond acceptors (Lipinski definition) is 4. The fourth-order valence-electron chi connectivity index (χ4n) is 2.04. The van der Waals surface area contributed by atoms with Gasteiger partial charge >= 0.3 is 0 Å². The fourth-order valence-corrected chi connectivity index (χ4v) is 3.54. The number of ether oxygens (including phenoxy) is 1. The number of pyridine rings is 1. The van der Waals surface area contributed by atoms with Crippen molar-refractivity contribution in [2.24, 2.45) is 0 Å². The first-order chi connectivity index (χ1) is 10.1. The summed E-state index contributed by atoms with van der Waals surface area (Å²) in [5, 5.41) is 0. The molecule has 0 spiro atoms. The van der Waals surface area contributed by atoms with Gasteiger partial charge in [-0.1, -0.05) is 0 Å². The van der Waals surface area contributed by atoms with Gasteiger partial charge in [-0.15, -0.1) is 0 Å². The third kappa shape index (κ3) is 2.88. The zero-order chi connectivity index (χ0) is 14.9. The Kier molecular flexibility index (Phi) is 3.60. The summed E-state index contributed by atoms with van der Waals surface area (Å²) in [5.74, 6) is 0.150. The van der Waals surface area contributed by atoms with Crippen molar-refractivity contribution >= 4 is 10.0 Å². The molecule has 3 rings (SSSR count). The first kappa shape index (κ1) is 14.0. The van der Waals surface area contributed by atoms with Gasteiger partial charge in [-0.05, 0) is 36.4 Å². The van der Waals surface area contributed by atoms with Crippen LogP contribution < -0.4 is 4.74 Å². The minimum absolute atomic E-state index is 0.0868. The van der Waals surface area contributed by atoms with E-state index in [0.717, 1.165) is 12.1 Å². The van der Waals surface area contributed by atoms with Crippen LogP contribution in [0.3, 0.4) is 0 Å². The Hall–Kier alpha value is -1.99. The molecular formula is C14H13FN2O3S. The van der Waals surface area contributed by atoms with Gasteiger partial charge in [0.2, 0.25) is 10.0 Å². The Morgan fingerprint density at radius 3 is 2.52 bits per heavy atom. The number of nitrogens with zero attached hydrogens (tertiary/aromatic N) is 2. The third-order valence-corrected chi connectivity index (χ3v) is 5.05. The lowest BCUT2D eigenvalue weighted by Gasteiger charge is -2.37. The smallest absolute Gasteiger partial charge is 0.243 e. The number of sulfonamides is 1. The molecule has 0 amide bonds. The van der Waals surface area contributed by atoms with Crippen LogP contribution in [0, 0.1) is 5.82 Å². The van der Waals surface area contributed by atoms with Crippen molar-refractivity contribution in [3.63, 3.8) is 0 Å². The standard InChI is InChI=1S/C14H13FN2O3S/c15-11-3-5-14(6-4-11)21(18,19)17-9-13(10-17)20-12-2-1-7-16-8-12/h1-8,13H,9-10H2. The molecule has 21 heavy (non-hydrogen) atoms. The largest absolute Gasteiger partial charge is 0.486 e. The Bertz CT molecular complexity index is 714. The molecule has 110 valence electrons. The molecule has 1 aliphatic heterocycles. The summed E-state index contributed by atoms with van der Waals surface area (Å²) in [5.41, 5.74) is 0. The summed E-state index contributed by atoms with van der Waals surface area (Å²) in [6.07, 6.45) is 3.03. The molecule has 1 aromatic heterocycles. The molecule has 1 aliphatic rings. The van der Waals surface area contributed by atoms with E-state index in [4.69, 9.17) is 4.74 Å². The molecule has 0 N–H and O–H groups in total. The van der Waals surface area contributed by atoms with Crippen LogP contribution in [0.25, 0.3) is 0 Å². The minimum Gasteiger partial charge on any atom is -0.486 e. The highest BCUT2D eigenvalue weighted by molar-refractivity contribution is 7.89. The quantitative estimate of drug-likeness (QED) is 0.862. The molecule has 0 saturated carbocycles. The summed E-state index contributed by atoms with van der Waals surface area (Å²) in [6.45, 7) is 0.545. The van der Waals surface area contributed by atoms with Gasteiger partial charge in [0, 0.05) is 6.20 Å². The van der Waals surface area contributed by atoms with E-state index in [1.54, 1.807) is 24.5 Å². The van der Waals surface area contributed by atoms with Gasteiger partial charge in [-0.3, -0.25) is 4.98 Å². The normalized spacial score (nSPS) is 16.4. The molecule has 7 heteroatoms. The van der Waals surface area contributed by atoms with E-state index in [9.17, 15) is 12.8 Å². The molecule has 2 heterocycles. The number of hydrogen-bond donors (Lipinski definition) is 0. The van der Waals surface area contributed by atoms with Crippen LogP contribution >= 0.6 is 0 Å². The zero-order valence-corrected chi connectivity index (χ0v) is 11.8. The van der Waals surface area contributed by atoms with E-state index in [0.29, 0.717) is 5.75 Å². The first-order valence-corrected chi connectivity index (χ1v) is 7.82. The Labute approximate surface area is 122 Å². The highest BCUT2D eigenvalue weighted by atomic mass is 32.2. The van der Waals surface area contributed by atoms with Gasteiger partial charge in [0.1, 0.15) is 17.7 Å². The van der Waals surface area contributed by atoms with Gasteiger partial charge in [0.05, 0.1) is 24.2 Å².